The topological polar surface area (TPSA) is 157 Å². The SMILES string of the molecule is O=C(Oc1ccc([N+](=O)[O-])cc1)OC1CCCC1OC(=O)Oc1ccc([N+](=O)[O-])cc1. The minimum absolute atomic E-state index is 0.0589. The van der Waals surface area contributed by atoms with Crippen molar-refractivity contribution in [3.63, 3.8) is 0 Å². The van der Waals surface area contributed by atoms with Gasteiger partial charge in [0.1, 0.15) is 23.7 Å². The highest BCUT2D eigenvalue weighted by molar-refractivity contribution is 5.65. The number of nitro groups is 2. The number of carbonyl (C=O) groups excluding carboxylic acids is 2. The van der Waals surface area contributed by atoms with Crippen LogP contribution in [0.25, 0.3) is 0 Å². The molecule has 0 heterocycles. The molecule has 12 nitrogen and oxygen atoms in total. The van der Waals surface area contributed by atoms with E-state index in [1.807, 2.05) is 0 Å². The smallest absolute Gasteiger partial charge is 0.427 e. The minimum atomic E-state index is -1.04. The van der Waals surface area contributed by atoms with Gasteiger partial charge in [-0.05, 0) is 43.5 Å². The Hall–Kier alpha value is -4.22. The van der Waals surface area contributed by atoms with Gasteiger partial charge in [0, 0.05) is 24.3 Å². The average Bonchev–Trinajstić information content (AvgIpc) is 3.14. The van der Waals surface area contributed by atoms with Crippen LogP contribution >= 0.6 is 0 Å². The van der Waals surface area contributed by atoms with Crippen molar-refractivity contribution >= 4 is 23.7 Å². The minimum Gasteiger partial charge on any atom is -0.427 e. The summed E-state index contributed by atoms with van der Waals surface area (Å²) in [5.41, 5.74) is -0.312. The highest BCUT2D eigenvalue weighted by atomic mass is 16.8. The molecule has 0 radical (unpaired) electrons. The van der Waals surface area contributed by atoms with Gasteiger partial charge < -0.3 is 18.9 Å². The summed E-state index contributed by atoms with van der Waals surface area (Å²) in [6.45, 7) is 0. The largest absolute Gasteiger partial charge is 0.514 e. The second kappa shape index (κ2) is 9.52. The Morgan fingerprint density at radius 1 is 0.710 bits per heavy atom. The predicted molar refractivity (Wildman–Crippen MR) is 102 cm³/mol. The molecule has 12 heteroatoms. The Labute approximate surface area is 174 Å². The summed E-state index contributed by atoms with van der Waals surface area (Å²) in [7, 11) is 0. The molecule has 1 fully saturated rings. The average molecular weight is 432 g/mol. The first kappa shape index (κ1) is 21.5. The zero-order valence-corrected chi connectivity index (χ0v) is 15.9. The van der Waals surface area contributed by atoms with Gasteiger partial charge in [-0.3, -0.25) is 20.2 Å². The van der Waals surface area contributed by atoms with Crippen LogP contribution in [0.1, 0.15) is 19.3 Å². The first-order valence-corrected chi connectivity index (χ1v) is 9.07. The summed E-state index contributed by atoms with van der Waals surface area (Å²) in [6, 6.07) is 9.73. The molecule has 162 valence electrons. The molecule has 1 aliphatic carbocycles. The van der Waals surface area contributed by atoms with E-state index in [4.69, 9.17) is 18.9 Å². The molecule has 0 amide bonds. The van der Waals surface area contributed by atoms with Crippen LogP contribution in [0.4, 0.5) is 21.0 Å². The molecule has 31 heavy (non-hydrogen) atoms. The van der Waals surface area contributed by atoms with Gasteiger partial charge in [0.15, 0.2) is 0 Å². The molecule has 0 N–H and O–H groups in total. The molecule has 0 saturated heterocycles. The number of hydrogen-bond acceptors (Lipinski definition) is 10. The molecule has 3 rings (SSSR count). The van der Waals surface area contributed by atoms with Gasteiger partial charge in [0.2, 0.25) is 0 Å². The van der Waals surface area contributed by atoms with Gasteiger partial charge in [-0.25, -0.2) is 9.59 Å². The summed E-state index contributed by atoms with van der Waals surface area (Å²) in [5, 5.41) is 21.3. The number of non-ortho nitro benzene ring substituents is 2. The predicted octanol–water partition coefficient (Wildman–Crippen LogP) is 4.16. The first-order valence-electron chi connectivity index (χ1n) is 9.07. The Morgan fingerprint density at radius 3 is 1.39 bits per heavy atom. The van der Waals surface area contributed by atoms with E-state index >= 15 is 0 Å². The van der Waals surface area contributed by atoms with Crippen molar-refractivity contribution < 1.29 is 38.4 Å². The molecule has 0 bridgehead atoms. The second-order valence-electron chi connectivity index (χ2n) is 6.45. The first-order chi connectivity index (χ1) is 14.8. The maximum absolute atomic E-state index is 12.0. The van der Waals surface area contributed by atoms with E-state index in [0.29, 0.717) is 19.3 Å². The van der Waals surface area contributed by atoms with Gasteiger partial charge in [-0.2, -0.15) is 0 Å². The Bertz CT molecular complexity index is 895. The molecule has 1 aliphatic rings. The van der Waals surface area contributed by atoms with Crippen molar-refractivity contribution in [3.05, 3.63) is 68.8 Å². The Morgan fingerprint density at radius 2 is 1.06 bits per heavy atom. The van der Waals surface area contributed by atoms with Crippen molar-refractivity contribution in [2.75, 3.05) is 0 Å². The van der Waals surface area contributed by atoms with Gasteiger partial charge in [0.05, 0.1) is 9.85 Å². The molecule has 1 saturated carbocycles. The summed E-state index contributed by atoms with van der Waals surface area (Å²) < 4.78 is 20.4. The van der Waals surface area contributed by atoms with Crippen LogP contribution in [-0.2, 0) is 9.47 Å². The zero-order valence-electron chi connectivity index (χ0n) is 15.9. The monoisotopic (exact) mass is 432 g/mol. The third kappa shape index (κ3) is 5.88. The summed E-state index contributed by atoms with van der Waals surface area (Å²) >= 11 is 0. The number of nitro benzene ring substituents is 2. The maximum atomic E-state index is 12.0. The molecule has 0 aromatic heterocycles. The molecule has 0 aliphatic heterocycles. The van der Waals surface area contributed by atoms with Crippen molar-refractivity contribution in [1.29, 1.82) is 0 Å². The van der Waals surface area contributed by atoms with Gasteiger partial charge in [-0.1, -0.05) is 0 Å². The van der Waals surface area contributed by atoms with Gasteiger partial charge in [-0.15, -0.1) is 0 Å². The molecule has 2 aromatic carbocycles. The van der Waals surface area contributed by atoms with Crippen LogP contribution in [0.5, 0.6) is 11.5 Å². The van der Waals surface area contributed by atoms with E-state index in [0.717, 1.165) is 0 Å². The molecular formula is C19H16N2O10. The molecular weight excluding hydrogens is 416 g/mol. The summed E-state index contributed by atoms with van der Waals surface area (Å²) in [5.74, 6) is 0.118. The van der Waals surface area contributed by atoms with Crippen molar-refractivity contribution in [1.82, 2.24) is 0 Å². The van der Waals surface area contributed by atoms with Crippen LogP contribution in [0, 0.1) is 20.2 Å². The zero-order chi connectivity index (χ0) is 22.4. The number of carbonyl (C=O) groups is 2. The van der Waals surface area contributed by atoms with Crippen LogP contribution in [-0.4, -0.2) is 34.4 Å². The second-order valence-corrected chi connectivity index (χ2v) is 6.45. The third-order valence-corrected chi connectivity index (χ3v) is 4.38. The lowest BCUT2D eigenvalue weighted by atomic mass is 10.2. The van der Waals surface area contributed by atoms with Crippen LogP contribution in [0.2, 0.25) is 0 Å². The summed E-state index contributed by atoms with van der Waals surface area (Å²) in [6.07, 6.45) is -2.10. The fourth-order valence-electron chi connectivity index (χ4n) is 2.92. The molecule has 0 spiro atoms. The van der Waals surface area contributed by atoms with Gasteiger partial charge in [0.25, 0.3) is 11.4 Å². The van der Waals surface area contributed by atoms with E-state index in [1.165, 1.54) is 48.5 Å². The van der Waals surface area contributed by atoms with E-state index in [9.17, 15) is 29.8 Å². The fourth-order valence-corrected chi connectivity index (χ4v) is 2.92. The molecule has 2 unspecified atom stereocenters. The van der Waals surface area contributed by atoms with E-state index in [2.05, 4.69) is 0 Å². The highest BCUT2D eigenvalue weighted by Crippen LogP contribution is 2.27. The molecule has 2 aromatic rings. The van der Waals surface area contributed by atoms with Crippen molar-refractivity contribution in [3.8, 4) is 11.5 Å². The Balaban J connectivity index is 1.50. The van der Waals surface area contributed by atoms with Crippen molar-refractivity contribution in [2.45, 2.75) is 31.5 Å². The van der Waals surface area contributed by atoms with E-state index < -0.39 is 34.4 Å². The summed E-state index contributed by atoms with van der Waals surface area (Å²) in [4.78, 5) is 44.1. The van der Waals surface area contributed by atoms with Crippen molar-refractivity contribution in [2.24, 2.45) is 0 Å². The number of rotatable bonds is 6. The van der Waals surface area contributed by atoms with Crippen LogP contribution in [0.15, 0.2) is 48.5 Å². The quantitative estimate of drug-likeness (QED) is 0.281. The van der Waals surface area contributed by atoms with E-state index in [-0.39, 0.29) is 22.9 Å². The number of hydrogen-bond donors (Lipinski definition) is 0. The van der Waals surface area contributed by atoms with E-state index in [1.54, 1.807) is 0 Å². The maximum Gasteiger partial charge on any atom is 0.514 e. The van der Waals surface area contributed by atoms with Crippen LogP contribution < -0.4 is 9.47 Å². The third-order valence-electron chi connectivity index (χ3n) is 4.38. The number of ether oxygens (including phenoxy) is 4. The lowest BCUT2D eigenvalue weighted by Crippen LogP contribution is -2.32. The Kier molecular flexibility index (Phi) is 6.60. The van der Waals surface area contributed by atoms with Crippen LogP contribution in [0.3, 0.4) is 0 Å². The lowest BCUT2D eigenvalue weighted by molar-refractivity contribution is -0.385. The number of nitrogens with zero attached hydrogens (tertiary/aromatic N) is 2. The standard InChI is InChI=1S/C19H16N2O10/c22-18(28-14-8-4-12(5-9-14)20(24)25)30-16-2-1-3-17(16)31-19(23)29-15-10-6-13(7-11-15)21(26)27/h4-11,16-17H,1-3H2. The van der Waals surface area contributed by atoms with Gasteiger partial charge >= 0.3 is 12.3 Å². The lowest BCUT2D eigenvalue weighted by Gasteiger charge is -2.19. The normalized spacial score (nSPS) is 17.4. The molecule has 2 atom stereocenters. The number of benzene rings is 2. The fraction of sp³-hybridized carbons (Fsp3) is 0.263. The highest BCUT2D eigenvalue weighted by Gasteiger charge is 2.35.